The Morgan fingerprint density at radius 3 is 2.56 bits per heavy atom. The zero-order valence-electron chi connectivity index (χ0n) is 13.0. The van der Waals surface area contributed by atoms with E-state index in [4.69, 9.17) is 9.15 Å². The number of carbonyl (C=O) groups is 1. The predicted octanol–water partition coefficient (Wildman–Crippen LogP) is 5.22. The van der Waals surface area contributed by atoms with E-state index in [1.165, 1.54) is 18.4 Å². The van der Waals surface area contributed by atoms with Gasteiger partial charge in [-0.25, -0.2) is 9.59 Å². The summed E-state index contributed by atoms with van der Waals surface area (Å²) >= 11 is 4.92. The van der Waals surface area contributed by atoms with E-state index in [0.29, 0.717) is 16.5 Å². The van der Waals surface area contributed by atoms with Gasteiger partial charge in [-0.15, -0.1) is 11.3 Å². The number of hydrogen-bond donors (Lipinski definition) is 0. The van der Waals surface area contributed by atoms with Crippen LogP contribution < -0.4 is 5.63 Å². The largest absolute Gasteiger partial charge is 0.465 e. The second-order valence-electron chi connectivity index (χ2n) is 5.45. The van der Waals surface area contributed by atoms with Gasteiger partial charge >= 0.3 is 11.6 Å². The fourth-order valence-electron chi connectivity index (χ4n) is 2.70. The van der Waals surface area contributed by atoms with Crippen LogP contribution in [-0.2, 0) is 4.74 Å². The van der Waals surface area contributed by atoms with Crippen LogP contribution in [0.1, 0.15) is 10.4 Å². The highest BCUT2D eigenvalue weighted by Gasteiger charge is 2.13. The van der Waals surface area contributed by atoms with Crippen LogP contribution in [0.4, 0.5) is 0 Å². The highest BCUT2D eigenvalue weighted by atomic mass is 79.9. The molecule has 2 aromatic heterocycles. The Morgan fingerprint density at radius 2 is 1.84 bits per heavy atom. The van der Waals surface area contributed by atoms with Gasteiger partial charge in [0.1, 0.15) is 5.58 Å². The van der Waals surface area contributed by atoms with E-state index in [-0.39, 0.29) is 11.6 Å². The standard InChI is InChI=1S/C19H11BrO4S/c1-23-18(21)11-4-2-10(3-5-11)16-9-14-17(25-16)13-7-6-12(20)8-15(13)24-19(14)22/h2-9H,1H3. The number of thiophene rings is 1. The van der Waals surface area contributed by atoms with Gasteiger partial charge in [0.15, 0.2) is 0 Å². The van der Waals surface area contributed by atoms with Crippen molar-refractivity contribution in [1.82, 2.24) is 0 Å². The molecular weight excluding hydrogens is 404 g/mol. The Labute approximate surface area is 154 Å². The smallest absolute Gasteiger partial charge is 0.345 e. The van der Waals surface area contributed by atoms with Crippen molar-refractivity contribution in [3.8, 4) is 10.4 Å². The molecule has 2 heterocycles. The van der Waals surface area contributed by atoms with Crippen LogP contribution in [0.2, 0.25) is 0 Å². The van der Waals surface area contributed by atoms with Crippen LogP contribution >= 0.6 is 27.3 Å². The van der Waals surface area contributed by atoms with E-state index >= 15 is 0 Å². The summed E-state index contributed by atoms with van der Waals surface area (Å²) in [4.78, 5) is 24.8. The van der Waals surface area contributed by atoms with Gasteiger partial charge < -0.3 is 9.15 Å². The number of carbonyl (C=O) groups excluding carboxylic acids is 1. The lowest BCUT2D eigenvalue weighted by Gasteiger charge is -2.00. The minimum Gasteiger partial charge on any atom is -0.465 e. The maximum Gasteiger partial charge on any atom is 0.345 e. The molecular formula is C19H11BrO4S. The fourth-order valence-corrected chi connectivity index (χ4v) is 4.22. The first-order valence-electron chi connectivity index (χ1n) is 7.41. The quantitative estimate of drug-likeness (QED) is 0.333. The number of methoxy groups -OCH3 is 1. The highest BCUT2D eigenvalue weighted by molar-refractivity contribution is 9.10. The minimum atomic E-state index is -0.375. The van der Waals surface area contributed by atoms with Crippen molar-refractivity contribution in [3.63, 3.8) is 0 Å². The Morgan fingerprint density at radius 1 is 1.08 bits per heavy atom. The van der Waals surface area contributed by atoms with Gasteiger partial charge in [-0.05, 0) is 42.0 Å². The van der Waals surface area contributed by atoms with E-state index in [9.17, 15) is 9.59 Å². The fraction of sp³-hybridized carbons (Fsp3) is 0.0526. The van der Waals surface area contributed by atoms with Crippen molar-refractivity contribution in [1.29, 1.82) is 0 Å². The maximum atomic E-state index is 12.3. The molecule has 4 rings (SSSR count). The second kappa shape index (κ2) is 6.13. The van der Waals surface area contributed by atoms with Gasteiger partial charge in [0.05, 0.1) is 22.8 Å². The molecule has 6 heteroatoms. The van der Waals surface area contributed by atoms with Crippen LogP contribution in [0.15, 0.2) is 62.2 Å². The average Bonchev–Trinajstić information content (AvgIpc) is 3.07. The molecule has 0 saturated heterocycles. The van der Waals surface area contributed by atoms with Gasteiger partial charge in [0, 0.05) is 14.7 Å². The van der Waals surface area contributed by atoms with Crippen LogP contribution in [0.3, 0.4) is 0 Å². The summed E-state index contributed by atoms with van der Waals surface area (Å²) in [7, 11) is 1.35. The molecule has 0 radical (unpaired) electrons. The maximum absolute atomic E-state index is 12.3. The lowest BCUT2D eigenvalue weighted by Crippen LogP contribution is -2.00. The third-order valence-electron chi connectivity index (χ3n) is 3.93. The number of hydrogen-bond acceptors (Lipinski definition) is 5. The van der Waals surface area contributed by atoms with Crippen LogP contribution in [0.25, 0.3) is 31.5 Å². The number of ether oxygens (including phenoxy) is 1. The van der Waals surface area contributed by atoms with Crippen LogP contribution in [0.5, 0.6) is 0 Å². The molecule has 0 N–H and O–H groups in total. The zero-order valence-corrected chi connectivity index (χ0v) is 15.4. The van der Waals surface area contributed by atoms with Gasteiger partial charge in [-0.1, -0.05) is 28.1 Å². The normalized spacial score (nSPS) is 11.1. The summed E-state index contributed by atoms with van der Waals surface area (Å²) < 4.78 is 11.9. The van der Waals surface area contributed by atoms with E-state index in [0.717, 1.165) is 25.0 Å². The summed E-state index contributed by atoms with van der Waals surface area (Å²) in [5.41, 5.74) is 1.62. The van der Waals surface area contributed by atoms with Gasteiger partial charge in [-0.2, -0.15) is 0 Å². The molecule has 4 nitrogen and oxygen atoms in total. The van der Waals surface area contributed by atoms with E-state index in [1.54, 1.807) is 18.2 Å². The summed E-state index contributed by atoms with van der Waals surface area (Å²) in [6, 6.07) is 14.6. The van der Waals surface area contributed by atoms with Crippen LogP contribution in [0, 0.1) is 0 Å². The number of benzene rings is 2. The molecule has 0 unspecified atom stereocenters. The first kappa shape index (κ1) is 16.1. The van der Waals surface area contributed by atoms with E-state index < -0.39 is 0 Å². The van der Waals surface area contributed by atoms with Crippen molar-refractivity contribution in [3.05, 3.63) is 69.0 Å². The van der Waals surface area contributed by atoms with Crippen molar-refractivity contribution < 1.29 is 13.9 Å². The Kier molecular flexibility index (Phi) is 3.94. The SMILES string of the molecule is COC(=O)c1ccc(-c2cc3c(=O)oc4cc(Br)ccc4c3s2)cc1. The molecule has 0 atom stereocenters. The Balaban J connectivity index is 1.89. The zero-order chi connectivity index (χ0) is 17.6. The lowest BCUT2D eigenvalue weighted by molar-refractivity contribution is 0.0601. The van der Waals surface area contributed by atoms with Gasteiger partial charge in [0.2, 0.25) is 0 Å². The molecule has 2 aromatic carbocycles. The van der Waals surface area contributed by atoms with Crippen molar-refractivity contribution >= 4 is 54.3 Å². The minimum absolute atomic E-state index is 0.353. The first-order chi connectivity index (χ1) is 12.1. The van der Waals surface area contributed by atoms with Gasteiger partial charge in [0.25, 0.3) is 0 Å². The third-order valence-corrected chi connectivity index (χ3v) is 5.64. The Hall–Kier alpha value is -2.44. The van der Waals surface area contributed by atoms with Gasteiger partial charge in [-0.3, -0.25) is 0 Å². The summed E-state index contributed by atoms with van der Waals surface area (Å²) in [6.45, 7) is 0. The Bertz CT molecular complexity index is 1170. The number of fused-ring (bicyclic) bond motifs is 3. The summed E-state index contributed by atoms with van der Waals surface area (Å²) in [5.74, 6) is -0.375. The van der Waals surface area contributed by atoms with Crippen molar-refractivity contribution in [2.45, 2.75) is 0 Å². The molecule has 4 aromatic rings. The van der Waals surface area contributed by atoms with Crippen molar-refractivity contribution in [2.75, 3.05) is 7.11 Å². The monoisotopic (exact) mass is 414 g/mol. The highest BCUT2D eigenvalue weighted by Crippen LogP contribution is 2.36. The molecule has 124 valence electrons. The summed E-state index contributed by atoms with van der Waals surface area (Å²) in [6.07, 6.45) is 0. The molecule has 0 amide bonds. The number of esters is 1. The molecule has 0 aliphatic carbocycles. The summed E-state index contributed by atoms with van der Waals surface area (Å²) in [5, 5.41) is 1.46. The molecule has 0 aliphatic rings. The molecule has 0 fully saturated rings. The van der Waals surface area contributed by atoms with Crippen molar-refractivity contribution in [2.24, 2.45) is 0 Å². The lowest BCUT2D eigenvalue weighted by atomic mass is 10.1. The predicted molar refractivity (Wildman–Crippen MR) is 102 cm³/mol. The number of rotatable bonds is 2. The molecule has 25 heavy (non-hydrogen) atoms. The van der Waals surface area contributed by atoms with E-state index in [1.807, 2.05) is 30.3 Å². The third kappa shape index (κ3) is 2.77. The molecule has 0 saturated carbocycles. The van der Waals surface area contributed by atoms with E-state index in [2.05, 4.69) is 15.9 Å². The van der Waals surface area contributed by atoms with Crippen LogP contribution in [-0.4, -0.2) is 13.1 Å². The average molecular weight is 415 g/mol. The first-order valence-corrected chi connectivity index (χ1v) is 9.02. The number of halogens is 1. The second-order valence-corrected chi connectivity index (χ2v) is 7.42. The topological polar surface area (TPSA) is 56.5 Å². The molecule has 0 aliphatic heterocycles. The molecule has 0 bridgehead atoms. The molecule has 0 spiro atoms.